The van der Waals surface area contributed by atoms with Crippen LogP contribution in [0.15, 0.2) is 5.38 Å². The molecule has 0 fully saturated rings. The lowest BCUT2D eigenvalue weighted by atomic mass is 10.2. The predicted molar refractivity (Wildman–Crippen MR) is 50.7 cm³/mol. The molecule has 0 amide bonds. The summed E-state index contributed by atoms with van der Waals surface area (Å²) in [5.74, 6) is 0.190. The van der Waals surface area contributed by atoms with Gasteiger partial charge in [0.15, 0.2) is 10.8 Å². The predicted octanol–water partition coefficient (Wildman–Crippen LogP) is 2.82. The zero-order valence-electron chi connectivity index (χ0n) is 7.46. The Balaban J connectivity index is 2.53. The van der Waals surface area contributed by atoms with E-state index < -0.39 is 0 Å². The summed E-state index contributed by atoms with van der Waals surface area (Å²) in [5, 5.41) is 2.58. The fraction of sp³-hybridized carbons (Fsp3) is 0.556. The fourth-order valence-corrected chi connectivity index (χ4v) is 1.69. The molecule has 1 aromatic rings. The molecule has 0 aromatic carbocycles. The van der Waals surface area contributed by atoms with Gasteiger partial charge in [0.25, 0.3) is 0 Å². The minimum absolute atomic E-state index is 0.190. The number of ketones is 1. The van der Waals surface area contributed by atoms with Gasteiger partial charge in [0.05, 0.1) is 0 Å². The molecule has 0 saturated heterocycles. The van der Waals surface area contributed by atoms with Crippen molar-refractivity contribution < 1.29 is 4.79 Å². The van der Waals surface area contributed by atoms with Crippen LogP contribution in [0.4, 0.5) is 0 Å². The standard InChI is InChI=1S/C9H13NOS/c1-3-4-5-8(11)9-10-7(2)6-12-9/h6H,3-5H2,1-2H3. The third kappa shape index (κ3) is 2.41. The number of nitrogens with zero attached hydrogens (tertiary/aromatic N) is 1. The highest BCUT2D eigenvalue weighted by Crippen LogP contribution is 2.12. The Hall–Kier alpha value is -0.700. The van der Waals surface area contributed by atoms with E-state index in [-0.39, 0.29) is 5.78 Å². The monoisotopic (exact) mass is 183 g/mol. The van der Waals surface area contributed by atoms with Crippen LogP contribution in [0.2, 0.25) is 0 Å². The Kier molecular flexibility index (Phi) is 3.41. The van der Waals surface area contributed by atoms with Crippen molar-refractivity contribution >= 4 is 17.1 Å². The first kappa shape index (κ1) is 9.39. The second-order valence-corrected chi connectivity index (χ2v) is 3.68. The molecule has 12 heavy (non-hydrogen) atoms. The molecule has 0 aliphatic heterocycles. The van der Waals surface area contributed by atoms with Gasteiger partial charge in [-0.05, 0) is 13.3 Å². The second-order valence-electron chi connectivity index (χ2n) is 2.82. The molecule has 3 heteroatoms. The number of thiazole rings is 1. The van der Waals surface area contributed by atoms with E-state index in [4.69, 9.17) is 0 Å². The average molecular weight is 183 g/mol. The number of aromatic nitrogens is 1. The number of Topliss-reactive ketones (excluding diaryl/α,β-unsaturated/α-hetero) is 1. The molecule has 1 rings (SSSR count). The quantitative estimate of drug-likeness (QED) is 0.672. The molecule has 1 heterocycles. The van der Waals surface area contributed by atoms with E-state index in [1.54, 1.807) is 0 Å². The number of unbranched alkanes of at least 4 members (excludes halogenated alkanes) is 1. The van der Waals surface area contributed by atoms with Crippen molar-refractivity contribution in [3.05, 3.63) is 16.1 Å². The highest BCUT2D eigenvalue weighted by molar-refractivity contribution is 7.11. The Bertz CT molecular complexity index is 267. The van der Waals surface area contributed by atoms with Crippen LogP contribution < -0.4 is 0 Å². The zero-order valence-corrected chi connectivity index (χ0v) is 8.28. The number of carbonyl (C=O) groups is 1. The van der Waals surface area contributed by atoms with Crippen molar-refractivity contribution in [3.63, 3.8) is 0 Å². The summed E-state index contributed by atoms with van der Waals surface area (Å²) in [4.78, 5) is 15.5. The summed E-state index contributed by atoms with van der Waals surface area (Å²) < 4.78 is 0. The largest absolute Gasteiger partial charge is 0.292 e. The summed E-state index contributed by atoms with van der Waals surface area (Å²) in [6.45, 7) is 3.99. The van der Waals surface area contributed by atoms with E-state index in [9.17, 15) is 4.79 Å². The molecule has 2 nitrogen and oxygen atoms in total. The van der Waals surface area contributed by atoms with Crippen molar-refractivity contribution in [2.45, 2.75) is 33.1 Å². The Morgan fingerprint density at radius 1 is 1.67 bits per heavy atom. The number of hydrogen-bond donors (Lipinski definition) is 0. The molecule has 0 saturated carbocycles. The summed E-state index contributed by atoms with van der Waals surface area (Å²) in [7, 11) is 0. The van der Waals surface area contributed by atoms with Crippen molar-refractivity contribution in [2.24, 2.45) is 0 Å². The molecule has 0 N–H and O–H groups in total. The van der Waals surface area contributed by atoms with Gasteiger partial charge in [0, 0.05) is 17.5 Å². The topological polar surface area (TPSA) is 30.0 Å². The molecule has 0 unspecified atom stereocenters. The minimum Gasteiger partial charge on any atom is -0.292 e. The third-order valence-electron chi connectivity index (χ3n) is 1.61. The van der Waals surface area contributed by atoms with Crippen LogP contribution in [0.3, 0.4) is 0 Å². The number of aryl methyl sites for hydroxylation is 1. The van der Waals surface area contributed by atoms with E-state index in [0.717, 1.165) is 18.5 Å². The van der Waals surface area contributed by atoms with Gasteiger partial charge in [0.2, 0.25) is 0 Å². The summed E-state index contributed by atoms with van der Waals surface area (Å²) in [6, 6.07) is 0. The maximum Gasteiger partial charge on any atom is 0.191 e. The zero-order chi connectivity index (χ0) is 8.97. The van der Waals surface area contributed by atoms with Crippen LogP contribution in [0, 0.1) is 6.92 Å². The maximum atomic E-state index is 11.4. The van der Waals surface area contributed by atoms with E-state index in [2.05, 4.69) is 11.9 Å². The highest BCUT2D eigenvalue weighted by Gasteiger charge is 2.08. The van der Waals surface area contributed by atoms with Gasteiger partial charge in [-0.15, -0.1) is 11.3 Å². The fourth-order valence-electron chi connectivity index (χ4n) is 0.926. The van der Waals surface area contributed by atoms with Gasteiger partial charge >= 0.3 is 0 Å². The first-order chi connectivity index (χ1) is 5.74. The van der Waals surface area contributed by atoms with Gasteiger partial charge in [-0.3, -0.25) is 4.79 Å². The van der Waals surface area contributed by atoms with Gasteiger partial charge in [-0.2, -0.15) is 0 Å². The van der Waals surface area contributed by atoms with Gasteiger partial charge in [0.1, 0.15) is 0 Å². The van der Waals surface area contributed by atoms with Crippen LogP contribution in [-0.2, 0) is 0 Å². The lowest BCUT2D eigenvalue weighted by Crippen LogP contribution is -1.97. The first-order valence-corrected chi connectivity index (χ1v) is 5.07. The molecule has 0 spiro atoms. The molecule has 0 bridgehead atoms. The molecule has 1 aromatic heterocycles. The normalized spacial score (nSPS) is 10.2. The molecule has 0 radical (unpaired) electrons. The Morgan fingerprint density at radius 3 is 2.92 bits per heavy atom. The molecule has 0 aliphatic rings. The lowest BCUT2D eigenvalue weighted by Gasteiger charge is -1.92. The molecular weight excluding hydrogens is 170 g/mol. The molecule has 66 valence electrons. The summed E-state index contributed by atoms with van der Waals surface area (Å²) >= 11 is 1.45. The SMILES string of the molecule is CCCCC(=O)c1nc(C)cs1. The van der Waals surface area contributed by atoms with Gasteiger partial charge in [-0.25, -0.2) is 4.98 Å². The average Bonchev–Trinajstić information content (AvgIpc) is 2.47. The van der Waals surface area contributed by atoms with Crippen molar-refractivity contribution in [1.82, 2.24) is 4.98 Å². The van der Waals surface area contributed by atoms with Crippen LogP contribution in [-0.4, -0.2) is 10.8 Å². The molecular formula is C9H13NOS. The second kappa shape index (κ2) is 4.36. The van der Waals surface area contributed by atoms with E-state index in [1.807, 2.05) is 12.3 Å². The Morgan fingerprint density at radius 2 is 2.42 bits per heavy atom. The molecule has 0 aliphatic carbocycles. The van der Waals surface area contributed by atoms with Gasteiger partial charge in [-0.1, -0.05) is 13.3 Å². The minimum atomic E-state index is 0.190. The smallest absolute Gasteiger partial charge is 0.191 e. The van der Waals surface area contributed by atoms with Crippen LogP contribution >= 0.6 is 11.3 Å². The maximum absolute atomic E-state index is 11.4. The highest BCUT2D eigenvalue weighted by atomic mass is 32.1. The van der Waals surface area contributed by atoms with Crippen LogP contribution in [0.5, 0.6) is 0 Å². The molecule has 0 atom stereocenters. The summed E-state index contributed by atoms with van der Waals surface area (Å²) in [6.07, 6.45) is 2.68. The van der Waals surface area contributed by atoms with Crippen molar-refractivity contribution in [1.29, 1.82) is 0 Å². The Labute approximate surface area is 76.6 Å². The van der Waals surface area contributed by atoms with Crippen molar-refractivity contribution in [3.8, 4) is 0 Å². The first-order valence-electron chi connectivity index (χ1n) is 4.19. The van der Waals surface area contributed by atoms with E-state index >= 15 is 0 Å². The number of hydrogen-bond acceptors (Lipinski definition) is 3. The number of rotatable bonds is 4. The van der Waals surface area contributed by atoms with E-state index in [1.165, 1.54) is 11.3 Å². The lowest BCUT2D eigenvalue weighted by molar-refractivity contribution is 0.0979. The van der Waals surface area contributed by atoms with Crippen molar-refractivity contribution in [2.75, 3.05) is 0 Å². The van der Waals surface area contributed by atoms with Crippen LogP contribution in [0.25, 0.3) is 0 Å². The van der Waals surface area contributed by atoms with Crippen LogP contribution in [0.1, 0.15) is 41.7 Å². The number of carbonyl (C=O) groups excluding carboxylic acids is 1. The summed E-state index contributed by atoms with van der Waals surface area (Å²) in [5.41, 5.74) is 0.944. The van der Waals surface area contributed by atoms with E-state index in [0.29, 0.717) is 11.4 Å². The van der Waals surface area contributed by atoms with Gasteiger partial charge < -0.3 is 0 Å². The third-order valence-corrected chi connectivity index (χ3v) is 2.62.